The van der Waals surface area contributed by atoms with Gasteiger partial charge in [0.2, 0.25) is 0 Å². The van der Waals surface area contributed by atoms with E-state index in [-0.39, 0.29) is 5.41 Å². The highest BCUT2D eigenvalue weighted by atomic mass is 15.3. The summed E-state index contributed by atoms with van der Waals surface area (Å²) < 4.78 is 4.93. The summed E-state index contributed by atoms with van der Waals surface area (Å²) in [5.41, 5.74) is 28.9. The molecule has 3 aliphatic carbocycles. The zero-order valence-corrected chi connectivity index (χ0v) is 63.3. The van der Waals surface area contributed by atoms with E-state index < -0.39 is 0 Å². The molecule has 10 atom stereocenters. The van der Waals surface area contributed by atoms with Crippen molar-refractivity contribution in [2.45, 2.75) is 105 Å². The van der Waals surface area contributed by atoms with Crippen molar-refractivity contribution in [3.05, 3.63) is 375 Å². The molecule has 6 nitrogen and oxygen atoms in total. The molecule has 4 unspecified atom stereocenters. The van der Waals surface area contributed by atoms with Crippen molar-refractivity contribution in [3.63, 3.8) is 0 Å². The van der Waals surface area contributed by atoms with E-state index in [2.05, 4.69) is 387 Å². The Morgan fingerprint density at radius 3 is 1.33 bits per heavy atom. The van der Waals surface area contributed by atoms with Crippen molar-refractivity contribution in [2.24, 2.45) is 11.8 Å². The highest BCUT2D eigenvalue weighted by Crippen LogP contribution is 2.65. The minimum Gasteiger partial charge on any atom is -0.311 e. The van der Waals surface area contributed by atoms with Gasteiger partial charge in [-0.15, -0.1) is 0 Å². The Labute approximate surface area is 660 Å². The molecule has 2 aromatic heterocycles. The van der Waals surface area contributed by atoms with Gasteiger partial charge in [0.05, 0.1) is 22.1 Å². The normalized spacial score (nSPS) is 23.1. The molecule has 5 aliphatic heterocycles. The summed E-state index contributed by atoms with van der Waals surface area (Å²) in [5.74, 6) is 1.99. The smallest absolute Gasteiger partial charge is 0.0619 e. The van der Waals surface area contributed by atoms with Crippen LogP contribution in [-0.2, 0) is 10.8 Å². The maximum absolute atomic E-state index is 4.24. The van der Waals surface area contributed by atoms with Gasteiger partial charge in [-0.1, -0.05) is 243 Å². The molecule has 0 radical (unpaired) electrons. The molecular weight excluding hydrogens is 1370 g/mol. The molecule has 17 aromatic rings. The number of para-hydroxylation sites is 5. The average Bonchev–Trinajstić information content (AvgIpc) is 1.50. The Morgan fingerprint density at radius 2 is 0.779 bits per heavy atom. The Kier molecular flexibility index (Phi) is 14.8. The van der Waals surface area contributed by atoms with Gasteiger partial charge in [0.1, 0.15) is 0 Å². The van der Waals surface area contributed by atoms with Crippen molar-refractivity contribution >= 4 is 88.5 Å². The van der Waals surface area contributed by atoms with Crippen LogP contribution in [0.1, 0.15) is 80.4 Å². The van der Waals surface area contributed by atoms with Gasteiger partial charge in [-0.2, -0.15) is 0 Å². The summed E-state index contributed by atoms with van der Waals surface area (Å²) in [6.07, 6.45) is 11.9. The lowest BCUT2D eigenvalue weighted by Crippen LogP contribution is -2.64. The second-order valence-corrected chi connectivity index (χ2v) is 34.2. The van der Waals surface area contributed by atoms with Crippen molar-refractivity contribution < 1.29 is 0 Å². The first-order valence-electron chi connectivity index (χ1n) is 41.4. The van der Waals surface area contributed by atoms with Crippen LogP contribution in [0.15, 0.2) is 358 Å². The minimum absolute atomic E-state index is 0.167. The van der Waals surface area contributed by atoms with E-state index in [1.807, 2.05) is 0 Å². The van der Waals surface area contributed by atoms with Gasteiger partial charge in [0.15, 0.2) is 0 Å². The first-order valence-corrected chi connectivity index (χ1v) is 41.4. The number of hydrogen-bond acceptors (Lipinski definition) is 4. The van der Waals surface area contributed by atoms with Gasteiger partial charge < -0.3 is 24.3 Å². The summed E-state index contributed by atoms with van der Waals surface area (Å²) in [6, 6.07) is 138. The molecule has 0 amide bonds. The van der Waals surface area contributed by atoms with Gasteiger partial charge in [-0.3, -0.25) is 4.90 Å². The van der Waals surface area contributed by atoms with E-state index in [1.165, 1.54) is 161 Å². The van der Waals surface area contributed by atoms with Crippen LogP contribution in [0.2, 0.25) is 0 Å². The summed E-state index contributed by atoms with van der Waals surface area (Å²) in [4.78, 5) is 7.70. The van der Waals surface area contributed by atoms with Gasteiger partial charge in [0.25, 0.3) is 0 Å². The summed E-state index contributed by atoms with van der Waals surface area (Å²) >= 11 is 0. The minimum atomic E-state index is 0.167. The summed E-state index contributed by atoms with van der Waals surface area (Å²) in [7, 11) is 0. The van der Waals surface area contributed by atoms with E-state index in [9.17, 15) is 0 Å². The van der Waals surface area contributed by atoms with Crippen molar-refractivity contribution in [3.8, 4) is 55.9 Å². The zero-order chi connectivity index (χ0) is 74.0. The second-order valence-electron chi connectivity index (χ2n) is 34.2. The average molecular weight is 1460 g/mol. The lowest BCUT2D eigenvalue weighted by atomic mass is 9.50. The fourth-order valence-corrected chi connectivity index (χ4v) is 23.7. The highest BCUT2D eigenvalue weighted by molar-refractivity contribution is 6.19. The lowest BCUT2D eigenvalue weighted by Gasteiger charge is -2.61. The van der Waals surface area contributed by atoms with Gasteiger partial charge >= 0.3 is 0 Å². The number of nitrogens with zero attached hydrogens (tertiary/aromatic N) is 5. The number of hydrogen-bond donors (Lipinski definition) is 1. The molecule has 6 bridgehead atoms. The molecule has 8 fully saturated rings. The third-order valence-corrected chi connectivity index (χ3v) is 28.3. The van der Waals surface area contributed by atoms with Crippen molar-refractivity contribution in [2.75, 3.05) is 9.80 Å². The number of benzene rings is 15. The number of piperidine rings is 3. The van der Waals surface area contributed by atoms with Gasteiger partial charge in [-0.25, -0.2) is 0 Å². The largest absolute Gasteiger partial charge is 0.311 e. The molecule has 3 saturated carbocycles. The van der Waals surface area contributed by atoms with Gasteiger partial charge in [-0.05, 0) is 257 Å². The molecule has 0 spiro atoms. The van der Waals surface area contributed by atoms with Crippen molar-refractivity contribution in [1.82, 2.24) is 19.4 Å². The fourth-order valence-electron chi connectivity index (χ4n) is 23.7. The predicted octanol–water partition coefficient (Wildman–Crippen LogP) is 26.5. The van der Waals surface area contributed by atoms with Crippen LogP contribution in [0.4, 0.5) is 34.1 Å². The van der Waals surface area contributed by atoms with E-state index >= 15 is 0 Å². The molecule has 113 heavy (non-hydrogen) atoms. The van der Waals surface area contributed by atoms with E-state index in [4.69, 9.17) is 0 Å². The molecule has 544 valence electrons. The number of fused-ring (bicyclic) bond motifs is 9. The molecule has 7 heterocycles. The zero-order valence-electron chi connectivity index (χ0n) is 63.3. The predicted molar refractivity (Wildman–Crippen MR) is 469 cm³/mol. The lowest BCUT2D eigenvalue weighted by molar-refractivity contribution is -0.0228. The van der Waals surface area contributed by atoms with Crippen LogP contribution in [0.5, 0.6) is 0 Å². The highest BCUT2D eigenvalue weighted by Gasteiger charge is 2.66. The SMILES string of the molecule is c1ccc(N(c2ccc(-c3ccc(C45C[C@@H]6C[C@@H](C4)C(c4ccc7c(ccc8c9ccccc9n(-c9cccc(-c%10ccc(N(c%11ccccc%11)c%11ccc(-c%12ccc(C%13%14C[C@@H]%15CC%16C[C@@H](C%13)N%16[C@@H]%14C%15)cc%12)cc%11)cc%10)c9)c78)c4)[C@@H](C5)N6)cc3)cc2)c2ccc(-c3cccc(-n4c5ccccc5c5ccccc54)c3)cc2)cc1. The first kappa shape index (κ1) is 65.4. The first-order chi connectivity index (χ1) is 55.9. The Bertz CT molecular complexity index is 6490. The number of aromatic nitrogens is 2. The Morgan fingerprint density at radius 1 is 0.310 bits per heavy atom. The number of rotatable bonds is 15. The van der Waals surface area contributed by atoms with Crippen LogP contribution < -0.4 is 15.1 Å². The van der Waals surface area contributed by atoms with Crippen molar-refractivity contribution in [1.29, 1.82) is 0 Å². The van der Waals surface area contributed by atoms with Crippen LogP contribution in [-0.4, -0.2) is 44.2 Å². The Hall–Kier alpha value is -12.3. The van der Waals surface area contributed by atoms with Crippen LogP contribution in [0.3, 0.4) is 0 Å². The molecule has 15 aromatic carbocycles. The van der Waals surface area contributed by atoms with Gasteiger partial charge in [0, 0.05) is 114 Å². The molecule has 6 heteroatoms. The summed E-state index contributed by atoms with van der Waals surface area (Å²) in [5, 5.41) is 11.9. The van der Waals surface area contributed by atoms with Crippen LogP contribution in [0, 0.1) is 11.8 Å². The third-order valence-electron chi connectivity index (χ3n) is 28.3. The van der Waals surface area contributed by atoms with E-state index in [1.54, 1.807) is 5.56 Å². The standard InChI is InChI=1S/C107H86N6/c1-3-17-84(18-4-1)109(88-51-37-74(38-52-88)76-15-13-21-90(61-76)112-100-26-10-7-23-95(100)96-24-8-11-27-101(96)112)86-47-33-72(34-48-86)70-29-43-81(44-30-70)106-65-80-60-83(66-106)108-99(68-106)104(80)79-42-55-94-78(59-79)41-56-98-97-25-9-12-28-102(97)113(105(94)98)91-22-14-16-77(62-91)75-39-53-89(54-40-75)110(85-19-5-2-6-20-85)87-49-35-73(36-50-87)71-31-45-82(46-32-71)107-64-69-57-92-63-93(67-107)111(92)103(107)58-69/h1-56,59,61-62,69,80,83,92-93,99,103-104,108H,57-58,60,63-68H2/t69-,80+,83+,92?,93+,99-,103-,104?,106?,107?/m1/s1. The monoisotopic (exact) mass is 1450 g/mol. The Balaban J connectivity index is 0.476. The molecular formula is C107H86N6. The maximum Gasteiger partial charge on any atom is 0.0619 e. The second kappa shape index (κ2) is 25.6. The molecule has 5 saturated heterocycles. The van der Waals surface area contributed by atoms with Crippen LogP contribution >= 0.6 is 0 Å². The molecule has 1 N–H and O–H groups in total. The molecule has 8 aliphatic rings. The topological polar surface area (TPSA) is 31.6 Å². The number of nitrogens with one attached hydrogen (secondary N) is 1. The maximum atomic E-state index is 4.24. The number of anilines is 6. The third kappa shape index (κ3) is 10.5. The fraction of sp³-hybridized carbons (Fsp3) is 0.178. The van der Waals surface area contributed by atoms with Crippen LogP contribution in [0.25, 0.3) is 110 Å². The molecule has 25 rings (SSSR count). The summed E-state index contributed by atoms with van der Waals surface area (Å²) in [6.45, 7) is 0. The van der Waals surface area contributed by atoms with E-state index in [0.717, 1.165) is 76.0 Å². The van der Waals surface area contributed by atoms with E-state index in [0.29, 0.717) is 29.3 Å². The quantitative estimate of drug-likeness (QED) is 0.111.